The molecule has 2 aliphatic heterocycles. The van der Waals surface area contributed by atoms with E-state index in [0.29, 0.717) is 0 Å². The van der Waals surface area contributed by atoms with Crippen LogP contribution >= 0.6 is 0 Å². The van der Waals surface area contributed by atoms with Gasteiger partial charge in [-0.25, -0.2) is 9.59 Å². The van der Waals surface area contributed by atoms with Crippen LogP contribution in [0.4, 0.5) is 0 Å². The molecule has 0 aliphatic carbocycles. The first kappa shape index (κ1) is 8.65. The lowest BCUT2D eigenvalue weighted by Crippen LogP contribution is -2.53. The van der Waals surface area contributed by atoms with Crippen molar-refractivity contribution in [3.05, 3.63) is 0 Å². The van der Waals surface area contributed by atoms with Gasteiger partial charge in [-0.3, -0.25) is 0 Å². The number of carbonyl (C=O) groups is 2. The predicted molar refractivity (Wildman–Crippen MR) is 43.9 cm³/mol. The summed E-state index contributed by atoms with van der Waals surface area (Å²) < 4.78 is 4.66. The van der Waals surface area contributed by atoms with E-state index in [9.17, 15) is 9.59 Å². The monoisotopic (exact) mass is 184 g/mol. The minimum Gasteiger partial charge on any atom is -0.391 e. The van der Waals surface area contributed by atoms with Gasteiger partial charge in [-0.05, 0) is 25.9 Å². The number of nitrogens with one attached hydrogen (secondary N) is 2. The van der Waals surface area contributed by atoms with Crippen molar-refractivity contribution in [3.63, 3.8) is 0 Å². The maximum Gasteiger partial charge on any atom is 0.330 e. The Morgan fingerprint density at radius 2 is 1.38 bits per heavy atom. The minimum atomic E-state index is -0.440. The first-order chi connectivity index (χ1) is 6.27. The van der Waals surface area contributed by atoms with Gasteiger partial charge in [0.05, 0.1) is 0 Å². The summed E-state index contributed by atoms with van der Waals surface area (Å²) >= 11 is 0. The van der Waals surface area contributed by atoms with Gasteiger partial charge < -0.3 is 15.4 Å². The Hall–Kier alpha value is -0.940. The van der Waals surface area contributed by atoms with Crippen LogP contribution in [0.15, 0.2) is 0 Å². The number of esters is 2. The Kier molecular flexibility index (Phi) is 2.28. The second-order valence-electron chi connectivity index (χ2n) is 3.33. The van der Waals surface area contributed by atoms with Crippen LogP contribution in [0.2, 0.25) is 0 Å². The molecule has 0 aromatic heterocycles. The first-order valence-corrected chi connectivity index (χ1v) is 4.49. The average molecular weight is 184 g/mol. The van der Waals surface area contributed by atoms with Crippen molar-refractivity contribution < 1.29 is 14.3 Å². The molecule has 0 spiro atoms. The van der Waals surface area contributed by atoms with Crippen LogP contribution in [-0.4, -0.2) is 37.1 Å². The van der Waals surface area contributed by atoms with E-state index in [1.54, 1.807) is 0 Å². The maximum absolute atomic E-state index is 11.1. The third-order valence-electron chi connectivity index (χ3n) is 2.42. The zero-order valence-corrected chi connectivity index (χ0v) is 7.21. The van der Waals surface area contributed by atoms with Crippen molar-refractivity contribution >= 4 is 11.9 Å². The number of carbonyl (C=O) groups excluding carboxylic acids is 2. The molecular weight excluding hydrogens is 172 g/mol. The Morgan fingerprint density at radius 1 is 1.00 bits per heavy atom. The molecule has 0 unspecified atom stereocenters. The van der Waals surface area contributed by atoms with Gasteiger partial charge in [0.1, 0.15) is 12.1 Å². The molecule has 2 heterocycles. The topological polar surface area (TPSA) is 67.4 Å². The molecule has 5 nitrogen and oxygen atoms in total. The number of ether oxygens (including phenoxy) is 1. The second kappa shape index (κ2) is 3.43. The lowest BCUT2D eigenvalue weighted by Gasteiger charge is -2.28. The van der Waals surface area contributed by atoms with E-state index in [4.69, 9.17) is 0 Å². The Labute approximate surface area is 75.8 Å². The predicted octanol–water partition coefficient (Wildman–Crippen LogP) is -1.22. The van der Waals surface area contributed by atoms with Gasteiger partial charge in [-0.2, -0.15) is 0 Å². The summed E-state index contributed by atoms with van der Waals surface area (Å²) in [7, 11) is 0. The second-order valence-corrected chi connectivity index (χ2v) is 3.33. The van der Waals surface area contributed by atoms with E-state index >= 15 is 0 Å². The minimum absolute atomic E-state index is 0.260. The first-order valence-electron chi connectivity index (χ1n) is 4.49. The van der Waals surface area contributed by atoms with Crippen LogP contribution in [0.3, 0.4) is 0 Å². The van der Waals surface area contributed by atoms with Crippen LogP contribution in [0.1, 0.15) is 12.8 Å². The molecule has 2 N–H and O–H groups in total. The highest BCUT2D eigenvalue weighted by Crippen LogP contribution is 2.08. The van der Waals surface area contributed by atoms with Crippen molar-refractivity contribution in [2.75, 3.05) is 13.1 Å². The van der Waals surface area contributed by atoms with E-state index in [0.717, 1.165) is 25.9 Å². The Balaban J connectivity index is 1.75. The molecule has 2 saturated heterocycles. The highest BCUT2D eigenvalue weighted by Gasteiger charge is 2.32. The molecule has 0 radical (unpaired) electrons. The summed E-state index contributed by atoms with van der Waals surface area (Å²) in [6, 6.07) is -0.520. The normalized spacial score (nSPS) is 31.4. The van der Waals surface area contributed by atoms with Gasteiger partial charge in [0.15, 0.2) is 0 Å². The fourth-order valence-corrected chi connectivity index (χ4v) is 1.22. The summed E-state index contributed by atoms with van der Waals surface area (Å²) in [6.07, 6.45) is 1.54. The average Bonchev–Trinajstić information content (AvgIpc) is 1.76. The maximum atomic E-state index is 11.1. The fraction of sp³-hybridized carbons (Fsp3) is 0.750. The molecule has 5 heteroatoms. The summed E-state index contributed by atoms with van der Waals surface area (Å²) in [5, 5.41) is 5.76. The Bertz CT molecular complexity index is 210. The fourth-order valence-electron chi connectivity index (χ4n) is 1.22. The largest absolute Gasteiger partial charge is 0.391 e. The van der Waals surface area contributed by atoms with E-state index in [1.807, 2.05) is 0 Å². The van der Waals surface area contributed by atoms with Gasteiger partial charge in [0, 0.05) is 0 Å². The van der Waals surface area contributed by atoms with Crippen molar-refractivity contribution in [2.45, 2.75) is 24.9 Å². The third-order valence-corrected chi connectivity index (χ3v) is 2.42. The zero-order chi connectivity index (χ0) is 9.26. The summed E-state index contributed by atoms with van der Waals surface area (Å²) in [5.41, 5.74) is 0. The van der Waals surface area contributed by atoms with Gasteiger partial charge >= 0.3 is 11.9 Å². The highest BCUT2D eigenvalue weighted by atomic mass is 16.6. The molecule has 2 aliphatic rings. The standard InChI is InChI=1S/C8H12N2O3/c11-7(5-1-3-9-5)13-8(12)6-2-4-10-6/h5-6,9-10H,1-4H2/t5-,6-/m0/s1. The van der Waals surface area contributed by atoms with E-state index < -0.39 is 11.9 Å². The molecule has 72 valence electrons. The van der Waals surface area contributed by atoms with Crippen molar-refractivity contribution in [2.24, 2.45) is 0 Å². The molecule has 0 bridgehead atoms. The van der Waals surface area contributed by atoms with E-state index in [2.05, 4.69) is 15.4 Å². The van der Waals surface area contributed by atoms with Crippen LogP contribution in [0.25, 0.3) is 0 Å². The van der Waals surface area contributed by atoms with Crippen molar-refractivity contribution in [1.29, 1.82) is 0 Å². The summed E-state index contributed by atoms with van der Waals surface area (Å²) in [4.78, 5) is 22.3. The van der Waals surface area contributed by atoms with E-state index in [-0.39, 0.29) is 12.1 Å². The number of rotatable bonds is 2. The summed E-state index contributed by atoms with van der Waals surface area (Å²) in [5.74, 6) is -0.880. The number of hydrogen-bond acceptors (Lipinski definition) is 5. The highest BCUT2D eigenvalue weighted by molar-refractivity contribution is 5.91. The molecular formula is C8H12N2O3. The lowest BCUT2D eigenvalue weighted by molar-refractivity contribution is -0.164. The van der Waals surface area contributed by atoms with Crippen molar-refractivity contribution in [1.82, 2.24) is 10.6 Å². The van der Waals surface area contributed by atoms with Crippen molar-refractivity contribution in [3.8, 4) is 0 Å². The van der Waals surface area contributed by atoms with Crippen LogP contribution < -0.4 is 10.6 Å². The van der Waals surface area contributed by atoms with Gasteiger partial charge in [0.2, 0.25) is 0 Å². The molecule has 13 heavy (non-hydrogen) atoms. The lowest BCUT2D eigenvalue weighted by atomic mass is 10.1. The molecule has 0 aromatic carbocycles. The van der Waals surface area contributed by atoms with Gasteiger partial charge in [-0.1, -0.05) is 0 Å². The SMILES string of the molecule is O=C(OC(=O)[C@@H]1CCN1)[C@@H]1CCN1. The van der Waals surface area contributed by atoms with Crippen LogP contribution in [0.5, 0.6) is 0 Å². The number of hydrogen-bond donors (Lipinski definition) is 2. The molecule has 0 aromatic rings. The van der Waals surface area contributed by atoms with Crippen LogP contribution in [0, 0.1) is 0 Å². The molecule has 2 rings (SSSR count). The summed E-state index contributed by atoms with van der Waals surface area (Å²) in [6.45, 7) is 1.66. The molecule has 2 fully saturated rings. The zero-order valence-electron chi connectivity index (χ0n) is 7.21. The molecule has 0 amide bonds. The smallest absolute Gasteiger partial charge is 0.330 e. The van der Waals surface area contributed by atoms with Gasteiger partial charge in [0.25, 0.3) is 0 Å². The molecule has 0 saturated carbocycles. The third kappa shape index (κ3) is 1.71. The molecule has 2 atom stereocenters. The van der Waals surface area contributed by atoms with Crippen LogP contribution in [-0.2, 0) is 14.3 Å². The van der Waals surface area contributed by atoms with E-state index in [1.165, 1.54) is 0 Å². The quantitative estimate of drug-likeness (QED) is 0.416. The van der Waals surface area contributed by atoms with Gasteiger partial charge in [-0.15, -0.1) is 0 Å². The Morgan fingerprint density at radius 3 is 1.62 bits per heavy atom.